The predicted octanol–water partition coefficient (Wildman–Crippen LogP) is 1.89. The van der Waals surface area contributed by atoms with Gasteiger partial charge in [0.2, 0.25) is 0 Å². The molecule has 0 bridgehead atoms. The third-order valence-electron chi connectivity index (χ3n) is 2.79. The van der Waals surface area contributed by atoms with E-state index in [0.29, 0.717) is 24.3 Å². The van der Waals surface area contributed by atoms with Crippen LogP contribution in [0, 0.1) is 6.92 Å². The van der Waals surface area contributed by atoms with Crippen LogP contribution in [0.1, 0.15) is 21.1 Å². The van der Waals surface area contributed by atoms with E-state index >= 15 is 0 Å². The lowest BCUT2D eigenvalue weighted by atomic mass is 10.2. The first-order valence-corrected chi connectivity index (χ1v) is 7.56. The molecule has 1 aromatic heterocycles. The molecular formula is C15H16N2O4S. The predicted molar refractivity (Wildman–Crippen MR) is 82.5 cm³/mol. The molecular weight excluding hydrogens is 304 g/mol. The van der Waals surface area contributed by atoms with Gasteiger partial charge >= 0.3 is 5.97 Å². The average molecular weight is 320 g/mol. The number of aryl methyl sites for hydroxylation is 1. The number of nitrogens with one attached hydrogen (secondary N) is 1. The minimum absolute atomic E-state index is 0.229. The van der Waals surface area contributed by atoms with Crippen molar-refractivity contribution in [3.05, 3.63) is 45.9 Å². The number of ether oxygens (including phenoxy) is 1. The van der Waals surface area contributed by atoms with Crippen molar-refractivity contribution >= 4 is 23.2 Å². The molecule has 0 aliphatic carbocycles. The maximum absolute atomic E-state index is 12.0. The van der Waals surface area contributed by atoms with Gasteiger partial charge in [-0.1, -0.05) is 6.07 Å². The molecule has 0 aliphatic rings. The number of nitrogens with zero attached hydrogens (tertiary/aromatic N) is 1. The van der Waals surface area contributed by atoms with E-state index in [9.17, 15) is 9.59 Å². The Morgan fingerprint density at radius 3 is 2.91 bits per heavy atom. The number of hydrogen-bond acceptors (Lipinski definition) is 5. The summed E-state index contributed by atoms with van der Waals surface area (Å²) in [5.41, 5.74) is 1.39. The van der Waals surface area contributed by atoms with Crippen LogP contribution in [-0.2, 0) is 11.2 Å². The second kappa shape index (κ2) is 7.56. The van der Waals surface area contributed by atoms with Crippen LogP contribution < -0.4 is 10.1 Å². The standard InChI is InChI=1S/C15H16N2O4S/c1-10-17-12(9-22-10)5-6-16-15(20)11-3-2-4-13(7-11)21-8-14(18)19/h2-4,7,9H,5-6,8H2,1H3,(H,16,20)(H,18,19). The van der Waals surface area contributed by atoms with Gasteiger partial charge in [-0.2, -0.15) is 0 Å². The Kier molecular flexibility index (Phi) is 5.48. The molecule has 7 heteroatoms. The Bertz CT molecular complexity index is 669. The highest BCUT2D eigenvalue weighted by Crippen LogP contribution is 2.13. The molecule has 0 spiro atoms. The topological polar surface area (TPSA) is 88.5 Å². The smallest absolute Gasteiger partial charge is 0.341 e. The van der Waals surface area contributed by atoms with E-state index in [1.807, 2.05) is 12.3 Å². The number of thiazole rings is 1. The molecule has 0 atom stereocenters. The highest BCUT2D eigenvalue weighted by atomic mass is 32.1. The van der Waals surface area contributed by atoms with Crippen molar-refractivity contribution in [1.29, 1.82) is 0 Å². The minimum atomic E-state index is -1.06. The lowest BCUT2D eigenvalue weighted by molar-refractivity contribution is -0.139. The van der Waals surface area contributed by atoms with Crippen molar-refractivity contribution in [1.82, 2.24) is 10.3 Å². The van der Waals surface area contributed by atoms with Crippen molar-refractivity contribution in [2.24, 2.45) is 0 Å². The number of rotatable bonds is 7. The van der Waals surface area contributed by atoms with E-state index in [-0.39, 0.29) is 5.91 Å². The first-order chi connectivity index (χ1) is 10.5. The zero-order chi connectivity index (χ0) is 15.9. The van der Waals surface area contributed by atoms with E-state index < -0.39 is 12.6 Å². The molecule has 1 heterocycles. The quantitative estimate of drug-likeness (QED) is 0.813. The van der Waals surface area contributed by atoms with Crippen LogP contribution in [0.5, 0.6) is 5.75 Å². The van der Waals surface area contributed by atoms with E-state index in [1.54, 1.807) is 29.5 Å². The number of carbonyl (C=O) groups excluding carboxylic acids is 1. The maximum Gasteiger partial charge on any atom is 0.341 e. The number of carboxylic acid groups (broad SMARTS) is 1. The summed E-state index contributed by atoms with van der Waals surface area (Å²) in [6.07, 6.45) is 0.672. The van der Waals surface area contributed by atoms with E-state index in [0.717, 1.165) is 10.7 Å². The molecule has 0 radical (unpaired) electrons. The molecule has 0 unspecified atom stereocenters. The third-order valence-corrected chi connectivity index (χ3v) is 3.61. The van der Waals surface area contributed by atoms with E-state index in [4.69, 9.17) is 9.84 Å². The Morgan fingerprint density at radius 2 is 2.23 bits per heavy atom. The number of hydrogen-bond donors (Lipinski definition) is 2. The number of carboxylic acids is 1. The fraction of sp³-hybridized carbons (Fsp3) is 0.267. The number of benzene rings is 1. The van der Waals surface area contributed by atoms with Crippen LogP contribution >= 0.6 is 11.3 Å². The Balaban J connectivity index is 1.86. The fourth-order valence-corrected chi connectivity index (χ4v) is 2.45. The van der Waals surface area contributed by atoms with E-state index in [1.165, 1.54) is 6.07 Å². The van der Waals surface area contributed by atoms with Gasteiger partial charge in [-0.15, -0.1) is 11.3 Å². The molecule has 1 aromatic carbocycles. The van der Waals surface area contributed by atoms with Crippen LogP contribution in [-0.4, -0.2) is 35.1 Å². The second-order valence-corrected chi connectivity index (χ2v) is 5.64. The first-order valence-electron chi connectivity index (χ1n) is 6.68. The molecule has 22 heavy (non-hydrogen) atoms. The first kappa shape index (κ1) is 16.0. The Hall–Kier alpha value is -2.41. The van der Waals surface area contributed by atoms with Crippen molar-refractivity contribution in [3.63, 3.8) is 0 Å². The van der Waals surface area contributed by atoms with Crippen LogP contribution in [0.3, 0.4) is 0 Å². The second-order valence-electron chi connectivity index (χ2n) is 4.57. The van der Waals surface area contributed by atoms with Crippen LogP contribution in [0.15, 0.2) is 29.6 Å². The van der Waals surface area contributed by atoms with Crippen LogP contribution in [0.4, 0.5) is 0 Å². The number of aromatic nitrogens is 1. The summed E-state index contributed by atoms with van der Waals surface area (Å²) in [6.45, 7) is 1.99. The summed E-state index contributed by atoms with van der Waals surface area (Å²) in [7, 11) is 0. The summed E-state index contributed by atoms with van der Waals surface area (Å²) in [5.74, 6) is -0.939. The van der Waals surface area contributed by atoms with Gasteiger partial charge in [0.15, 0.2) is 6.61 Å². The molecule has 2 N–H and O–H groups in total. The number of aliphatic carboxylic acids is 1. The SMILES string of the molecule is Cc1nc(CCNC(=O)c2cccc(OCC(=O)O)c2)cs1. The van der Waals surface area contributed by atoms with Crippen molar-refractivity contribution in [2.75, 3.05) is 13.2 Å². The van der Waals surface area contributed by atoms with Gasteiger partial charge < -0.3 is 15.2 Å². The number of carbonyl (C=O) groups is 2. The molecule has 0 saturated carbocycles. The molecule has 0 aliphatic heterocycles. The van der Waals surface area contributed by atoms with E-state index in [2.05, 4.69) is 10.3 Å². The lowest BCUT2D eigenvalue weighted by Crippen LogP contribution is -2.25. The summed E-state index contributed by atoms with van der Waals surface area (Å²) in [4.78, 5) is 26.8. The Labute approximate surface area is 131 Å². The van der Waals surface area contributed by atoms with Crippen molar-refractivity contribution in [2.45, 2.75) is 13.3 Å². The zero-order valence-electron chi connectivity index (χ0n) is 12.0. The molecule has 0 fully saturated rings. The number of amides is 1. The minimum Gasteiger partial charge on any atom is -0.482 e. The van der Waals surface area contributed by atoms with Crippen LogP contribution in [0.2, 0.25) is 0 Å². The largest absolute Gasteiger partial charge is 0.482 e. The normalized spacial score (nSPS) is 10.2. The Morgan fingerprint density at radius 1 is 1.41 bits per heavy atom. The van der Waals surface area contributed by atoms with Gasteiger partial charge in [0, 0.05) is 23.9 Å². The summed E-state index contributed by atoms with van der Waals surface area (Å²) < 4.78 is 5.05. The molecule has 2 rings (SSSR count). The monoisotopic (exact) mass is 320 g/mol. The van der Waals surface area contributed by atoms with Gasteiger partial charge in [0.1, 0.15) is 5.75 Å². The highest BCUT2D eigenvalue weighted by molar-refractivity contribution is 7.09. The fourth-order valence-electron chi connectivity index (χ4n) is 1.80. The average Bonchev–Trinajstić information content (AvgIpc) is 2.91. The van der Waals surface area contributed by atoms with Gasteiger partial charge in [-0.25, -0.2) is 9.78 Å². The van der Waals surface area contributed by atoms with Crippen LogP contribution in [0.25, 0.3) is 0 Å². The summed E-state index contributed by atoms with van der Waals surface area (Å²) in [5, 5.41) is 14.4. The molecule has 1 amide bonds. The summed E-state index contributed by atoms with van der Waals surface area (Å²) in [6, 6.07) is 6.43. The van der Waals surface area contributed by atoms with Gasteiger partial charge in [0.05, 0.1) is 10.7 Å². The van der Waals surface area contributed by atoms with Gasteiger partial charge in [-0.05, 0) is 25.1 Å². The molecule has 0 saturated heterocycles. The molecule has 116 valence electrons. The molecule has 2 aromatic rings. The zero-order valence-corrected chi connectivity index (χ0v) is 12.9. The summed E-state index contributed by atoms with van der Waals surface area (Å²) >= 11 is 1.58. The maximum atomic E-state index is 12.0. The highest BCUT2D eigenvalue weighted by Gasteiger charge is 2.08. The van der Waals surface area contributed by atoms with Crippen molar-refractivity contribution in [3.8, 4) is 5.75 Å². The van der Waals surface area contributed by atoms with Gasteiger partial charge in [-0.3, -0.25) is 4.79 Å². The van der Waals surface area contributed by atoms with Crippen molar-refractivity contribution < 1.29 is 19.4 Å². The molecule has 6 nitrogen and oxygen atoms in total. The third kappa shape index (κ3) is 4.85. The van der Waals surface area contributed by atoms with Gasteiger partial charge in [0.25, 0.3) is 5.91 Å². The lowest BCUT2D eigenvalue weighted by Gasteiger charge is -2.07.